The smallest absolute Gasteiger partial charge is 0.120 e. The summed E-state index contributed by atoms with van der Waals surface area (Å²) < 4.78 is 6.19. The van der Waals surface area contributed by atoms with Crippen molar-refractivity contribution in [3.63, 3.8) is 0 Å². The lowest BCUT2D eigenvalue weighted by Gasteiger charge is -2.53. The van der Waals surface area contributed by atoms with E-state index in [2.05, 4.69) is 50.4 Å². The van der Waals surface area contributed by atoms with Crippen molar-refractivity contribution in [3.8, 4) is 5.75 Å². The minimum atomic E-state index is 0.261. The van der Waals surface area contributed by atoms with Crippen molar-refractivity contribution in [2.75, 3.05) is 7.05 Å². The second-order valence-corrected chi connectivity index (χ2v) is 5.54. The molecule has 0 radical (unpaired) electrons. The first kappa shape index (κ1) is 13.4. The Morgan fingerprint density at radius 3 is 2.78 bits per heavy atom. The molecule has 0 heterocycles. The molecule has 0 aromatic heterocycles. The Balaban J connectivity index is 2.06. The monoisotopic (exact) mass is 247 g/mol. The third-order valence-electron chi connectivity index (χ3n) is 4.68. The SMILES string of the molecule is CCc1cccc(OC2CC(NC)C2(C)CC)c1. The largest absolute Gasteiger partial charge is 0.490 e. The van der Waals surface area contributed by atoms with Crippen LogP contribution in [-0.2, 0) is 6.42 Å². The van der Waals surface area contributed by atoms with Gasteiger partial charge in [0.15, 0.2) is 0 Å². The van der Waals surface area contributed by atoms with Gasteiger partial charge in [0.2, 0.25) is 0 Å². The lowest BCUT2D eigenvalue weighted by molar-refractivity contribution is -0.0677. The highest BCUT2D eigenvalue weighted by Crippen LogP contribution is 2.45. The molecule has 0 bridgehead atoms. The molecule has 2 nitrogen and oxygen atoms in total. The Morgan fingerprint density at radius 2 is 2.17 bits per heavy atom. The minimum absolute atomic E-state index is 0.261. The zero-order chi connectivity index (χ0) is 13.2. The van der Waals surface area contributed by atoms with E-state index in [1.807, 2.05) is 7.05 Å². The summed E-state index contributed by atoms with van der Waals surface area (Å²) in [5.74, 6) is 1.02. The highest BCUT2D eigenvalue weighted by Gasteiger charge is 2.51. The van der Waals surface area contributed by atoms with E-state index in [0.717, 1.165) is 25.0 Å². The average Bonchev–Trinajstić information content (AvgIpc) is 2.42. The first-order valence-corrected chi connectivity index (χ1v) is 7.07. The van der Waals surface area contributed by atoms with Crippen molar-refractivity contribution in [2.24, 2.45) is 5.41 Å². The van der Waals surface area contributed by atoms with Gasteiger partial charge >= 0.3 is 0 Å². The molecule has 0 amide bonds. The van der Waals surface area contributed by atoms with Crippen LogP contribution in [0.15, 0.2) is 24.3 Å². The zero-order valence-corrected chi connectivity index (χ0v) is 12.0. The molecule has 2 rings (SSSR count). The summed E-state index contributed by atoms with van der Waals surface area (Å²) >= 11 is 0. The van der Waals surface area contributed by atoms with Gasteiger partial charge in [0, 0.05) is 17.9 Å². The lowest BCUT2D eigenvalue weighted by atomic mass is 9.61. The van der Waals surface area contributed by atoms with Crippen molar-refractivity contribution in [3.05, 3.63) is 29.8 Å². The zero-order valence-electron chi connectivity index (χ0n) is 12.0. The quantitative estimate of drug-likeness (QED) is 0.861. The number of benzene rings is 1. The molecular weight excluding hydrogens is 222 g/mol. The van der Waals surface area contributed by atoms with Crippen LogP contribution in [0.2, 0.25) is 0 Å². The van der Waals surface area contributed by atoms with E-state index in [-0.39, 0.29) is 5.41 Å². The maximum Gasteiger partial charge on any atom is 0.120 e. The van der Waals surface area contributed by atoms with E-state index in [1.165, 1.54) is 5.56 Å². The third kappa shape index (κ3) is 2.26. The minimum Gasteiger partial charge on any atom is -0.490 e. The highest BCUT2D eigenvalue weighted by atomic mass is 16.5. The van der Waals surface area contributed by atoms with Gasteiger partial charge in [-0.1, -0.05) is 32.9 Å². The van der Waals surface area contributed by atoms with Crippen LogP contribution in [0.25, 0.3) is 0 Å². The van der Waals surface area contributed by atoms with Gasteiger partial charge in [0.25, 0.3) is 0 Å². The third-order valence-corrected chi connectivity index (χ3v) is 4.68. The number of ether oxygens (including phenoxy) is 1. The molecular formula is C16H25NO. The summed E-state index contributed by atoms with van der Waals surface area (Å²) in [6.07, 6.45) is 3.66. The first-order chi connectivity index (χ1) is 8.63. The predicted molar refractivity (Wildman–Crippen MR) is 76.1 cm³/mol. The van der Waals surface area contributed by atoms with E-state index >= 15 is 0 Å². The summed E-state index contributed by atoms with van der Waals surface area (Å²) in [6.45, 7) is 6.75. The standard InChI is InChI=1S/C16H25NO/c1-5-12-8-7-9-13(10-12)18-15-11-14(17-4)16(15,3)6-2/h7-10,14-15,17H,5-6,11H2,1-4H3. The molecule has 1 saturated carbocycles. The van der Waals surface area contributed by atoms with Crippen molar-refractivity contribution >= 4 is 0 Å². The molecule has 100 valence electrons. The second-order valence-electron chi connectivity index (χ2n) is 5.54. The number of rotatable bonds is 5. The predicted octanol–water partition coefficient (Wildman–Crippen LogP) is 3.40. The number of aryl methyl sites for hydroxylation is 1. The number of nitrogens with one attached hydrogen (secondary N) is 1. The van der Waals surface area contributed by atoms with E-state index in [4.69, 9.17) is 4.74 Å². The van der Waals surface area contributed by atoms with E-state index in [1.54, 1.807) is 0 Å². The lowest BCUT2D eigenvalue weighted by Crippen LogP contribution is -2.62. The fourth-order valence-electron chi connectivity index (χ4n) is 2.92. The molecule has 0 aliphatic heterocycles. The molecule has 1 aliphatic carbocycles. The van der Waals surface area contributed by atoms with Gasteiger partial charge in [-0.2, -0.15) is 0 Å². The van der Waals surface area contributed by atoms with Gasteiger partial charge in [-0.05, 0) is 37.6 Å². The highest BCUT2D eigenvalue weighted by molar-refractivity contribution is 5.29. The maximum absolute atomic E-state index is 6.19. The topological polar surface area (TPSA) is 21.3 Å². The summed E-state index contributed by atoms with van der Waals surface area (Å²) in [5, 5.41) is 3.40. The Bertz CT molecular complexity index is 404. The van der Waals surface area contributed by atoms with E-state index < -0.39 is 0 Å². The van der Waals surface area contributed by atoms with Crippen LogP contribution in [0, 0.1) is 5.41 Å². The molecule has 1 aromatic carbocycles. The van der Waals surface area contributed by atoms with Gasteiger partial charge in [0.05, 0.1) is 0 Å². The van der Waals surface area contributed by atoms with Crippen LogP contribution in [0.3, 0.4) is 0 Å². The van der Waals surface area contributed by atoms with Gasteiger partial charge in [-0.3, -0.25) is 0 Å². The van der Waals surface area contributed by atoms with Crippen LogP contribution >= 0.6 is 0 Å². The molecule has 1 aromatic rings. The molecule has 0 saturated heterocycles. The average molecular weight is 247 g/mol. The van der Waals surface area contributed by atoms with Gasteiger partial charge in [-0.25, -0.2) is 0 Å². The summed E-state index contributed by atoms with van der Waals surface area (Å²) in [6, 6.07) is 9.07. The van der Waals surface area contributed by atoms with Crippen molar-refractivity contribution in [2.45, 2.75) is 52.2 Å². The second kappa shape index (κ2) is 5.31. The molecule has 1 fully saturated rings. The molecule has 0 spiro atoms. The fourth-order valence-corrected chi connectivity index (χ4v) is 2.92. The van der Waals surface area contributed by atoms with Crippen molar-refractivity contribution in [1.29, 1.82) is 0 Å². The Hall–Kier alpha value is -1.02. The molecule has 18 heavy (non-hydrogen) atoms. The van der Waals surface area contributed by atoms with Crippen LogP contribution in [0.1, 0.15) is 39.2 Å². The molecule has 1 aliphatic rings. The van der Waals surface area contributed by atoms with Crippen LogP contribution in [0.4, 0.5) is 0 Å². The van der Waals surface area contributed by atoms with Gasteiger partial charge in [-0.15, -0.1) is 0 Å². The summed E-state index contributed by atoms with van der Waals surface area (Å²) in [7, 11) is 2.05. The van der Waals surface area contributed by atoms with Crippen LogP contribution in [-0.4, -0.2) is 19.2 Å². The van der Waals surface area contributed by atoms with Crippen LogP contribution < -0.4 is 10.1 Å². The van der Waals surface area contributed by atoms with E-state index in [0.29, 0.717) is 12.1 Å². The molecule has 2 heteroatoms. The fraction of sp³-hybridized carbons (Fsp3) is 0.625. The normalized spacial score (nSPS) is 30.9. The van der Waals surface area contributed by atoms with Crippen molar-refractivity contribution in [1.82, 2.24) is 5.32 Å². The van der Waals surface area contributed by atoms with Gasteiger partial charge < -0.3 is 10.1 Å². The maximum atomic E-state index is 6.19. The Morgan fingerprint density at radius 1 is 1.39 bits per heavy atom. The van der Waals surface area contributed by atoms with E-state index in [9.17, 15) is 0 Å². The molecule has 3 atom stereocenters. The van der Waals surface area contributed by atoms with Crippen LogP contribution in [0.5, 0.6) is 5.75 Å². The number of hydrogen-bond acceptors (Lipinski definition) is 2. The molecule has 1 N–H and O–H groups in total. The Kier molecular flexibility index (Phi) is 3.96. The van der Waals surface area contributed by atoms with Crippen molar-refractivity contribution < 1.29 is 4.74 Å². The number of hydrogen-bond donors (Lipinski definition) is 1. The summed E-state index contributed by atoms with van der Waals surface area (Å²) in [4.78, 5) is 0. The van der Waals surface area contributed by atoms with Gasteiger partial charge in [0.1, 0.15) is 11.9 Å². The Labute approximate surface area is 111 Å². The summed E-state index contributed by atoms with van der Waals surface area (Å²) in [5.41, 5.74) is 1.60. The first-order valence-electron chi connectivity index (χ1n) is 7.07. The molecule has 3 unspecified atom stereocenters.